The minimum absolute atomic E-state index is 0.00545. The molecule has 0 aromatic carbocycles. The van der Waals surface area contributed by atoms with Crippen LogP contribution in [0.25, 0.3) is 0 Å². The molecule has 1 N–H and O–H groups in total. The highest BCUT2D eigenvalue weighted by Crippen LogP contribution is 2.33. The molecule has 3 rings (SSSR count). The van der Waals surface area contributed by atoms with Gasteiger partial charge in [-0.25, -0.2) is 4.79 Å². The predicted octanol–water partition coefficient (Wildman–Crippen LogP) is 1.55. The van der Waals surface area contributed by atoms with Crippen LogP contribution in [0, 0.1) is 0 Å². The monoisotopic (exact) mass is 297 g/mol. The van der Waals surface area contributed by atoms with Crippen molar-refractivity contribution in [3.8, 4) is 0 Å². The molecule has 2 fully saturated rings. The Kier molecular flexibility index (Phi) is 3.73. The first-order chi connectivity index (χ1) is 9.63. The lowest BCUT2D eigenvalue weighted by Crippen LogP contribution is -2.45. The van der Waals surface area contributed by atoms with E-state index in [-0.39, 0.29) is 22.4 Å². The summed E-state index contributed by atoms with van der Waals surface area (Å²) in [6.07, 6.45) is 4.88. The highest BCUT2D eigenvalue weighted by Gasteiger charge is 2.38. The number of rotatable bonds is 2. The maximum atomic E-state index is 12.5. The molecule has 2 unspecified atom stereocenters. The van der Waals surface area contributed by atoms with Crippen LogP contribution in [0.1, 0.15) is 44.2 Å². The van der Waals surface area contributed by atoms with Gasteiger partial charge >= 0.3 is 5.69 Å². The summed E-state index contributed by atoms with van der Waals surface area (Å²) in [6.45, 7) is 3.94. The number of hydrogen-bond acceptors (Lipinski definition) is 3. The van der Waals surface area contributed by atoms with Gasteiger partial charge in [-0.15, -0.1) is 0 Å². The van der Waals surface area contributed by atoms with E-state index in [0.717, 1.165) is 25.9 Å². The number of hydrogen-bond donors (Lipinski definition) is 1. The number of halogens is 1. The van der Waals surface area contributed by atoms with Crippen LogP contribution in [0.15, 0.2) is 9.59 Å². The van der Waals surface area contributed by atoms with Crippen molar-refractivity contribution in [1.82, 2.24) is 14.5 Å². The van der Waals surface area contributed by atoms with Crippen LogP contribution < -0.4 is 11.2 Å². The van der Waals surface area contributed by atoms with E-state index < -0.39 is 0 Å². The molecule has 0 amide bonds. The van der Waals surface area contributed by atoms with Crippen LogP contribution in [0.3, 0.4) is 0 Å². The number of nitrogens with one attached hydrogen (secondary N) is 1. The highest BCUT2D eigenvalue weighted by atomic mass is 35.5. The molecule has 2 aliphatic rings. The number of nitrogens with zero attached hydrogens (tertiary/aromatic N) is 2. The van der Waals surface area contributed by atoms with Crippen molar-refractivity contribution in [3.63, 3.8) is 0 Å². The summed E-state index contributed by atoms with van der Waals surface area (Å²) in [4.78, 5) is 29.8. The predicted molar refractivity (Wildman–Crippen MR) is 78.6 cm³/mol. The molecule has 2 aliphatic heterocycles. The van der Waals surface area contributed by atoms with Crippen LogP contribution in [0.5, 0.6) is 0 Å². The largest absolute Gasteiger partial charge is 0.329 e. The third kappa shape index (κ3) is 2.13. The van der Waals surface area contributed by atoms with Gasteiger partial charge in [0.2, 0.25) is 0 Å². The van der Waals surface area contributed by atoms with Crippen molar-refractivity contribution < 1.29 is 0 Å². The first-order valence-corrected chi connectivity index (χ1v) is 7.78. The van der Waals surface area contributed by atoms with Crippen molar-refractivity contribution in [3.05, 3.63) is 31.6 Å². The zero-order chi connectivity index (χ0) is 14.3. The standard InChI is InChI=1S/C14H20ClN3O2/c1-2-9-12(15)16-14(20)18(13(9)19)11-6-8-17-7-4-3-5-10(11)17/h10-11H,2-8H2,1H3,(H,16,20). The van der Waals surface area contributed by atoms with Crippen molar-refractivity contribution in [1.29, 1.82) is 0 Å². The second-order valence-corrected chi connectivity index (χ2v) is 6.08. The summed E-state index contributed by atoms with van der Waals surface area (Å²) in [5.41, 5.74) is -0.0613. The maximum Gasteiger partial charge on any atom is 0.329 e. The zero-order valence-electron chi connectivity index (χ0n) is 11.7. The van der Waals surface area contributed by atoms with Crippen LogP contribution in [0.4, 0.5) is 0 Å². The lowest BCUT2D eigenvalue weighted by Gasteiger charge is -2.32. The topological polar surface area (TPSA) is 58.1 Å². The molecule has 0 bridgehead atoms. The minimum Gasteiger partial charge on any atom is -0.298 e. The van der Waals surface area contributed by atoms with Gasteiger partial charge in [-0.2, -0.15) is 0 Å². The Morgan fingerprint density at radius 2 is 2.00 bits per heavy atom. The molecule has 110 valence electrons. The second-order valence-electron chi connectivity index (χ2n) is 5.71. The molecular weight excluding hydrogens is 278 g/mol. The zero-order valence-corrected chi connectivity index (χ0v) is 12.4. The van der Waals surface area contributed by atoms with Gasteiger partial charge in [-0.3, -0.25) is 19.2 Å². The van der Waals surface area contributed by atoms with Crippen LogP contribution in [-0.2, 0) is 6.42 Å². The summed E-state index contributed by atoms with van der Waals surface area (Å²) in [6, 6.07) is 0.322. The van der Waals surface area contributed by atoms with Crippen molar-refractivity contribution >= 4 is 11.6 Å². The van der Waals surface area contributed by atoms with Gasteiger partial charge in [0, 0.05) is 12.6 Å². The van der Waals surface area contributed by atoms with Gasteiger partial charge < -0.3 is 0 Å². The van der Waals surface area contributed by atoms with Crippen LogP contribution in [0.2, 0.25) is 5.15 Å². The molecule has 3 heterocycles. The van der Waals surface area contributed by atoms with E-state index >= 15 is 0 Å². The molecule has 0 radical (unpaired) electrons. The molecule has 2 saturated heterocycles. The fourth-order valence-corrected chi connectivity index (χ4v) is 3.99. The SMILES string of the molecule is CCc1c(Cl)[nH]c(=O)n(C2CCN3CCCCC23)c1=O. The summed E-state index contributed by atoms with van der Waals surface area (Å²) in [5.74, 6) is 0. The maximum absolute atomic E-state index is 12.5. The van der Waals surface area contributed by atoms with E-state index in [4.69, 9.17) is 11.6 Å². The molecule has 1 aromatic heterocycles. The number of piperidine rings is 1. The Morgan fingerprint density at radius 1 is 1.20 bits per heavy atom. The Labute approximate surface area is 122 Å². The van der Waals surface area contributed by atoms with Gasteiger partial charge in [-0.1, -0.05) is 24.9 Å². The van der Waals surface area contributed by atoms with Gasteiger partial charge in [0.05, 0.1) is 11.6 Å². The highest BCUT2D eigenvalue weighted by molar-refractivity contribution is 6.30. The van der Waals surface area contributed by atoms with Crippen molar-refractivity contribution in [2.45, 2.75) is 51.1 Å². The van der Waals surface area contributed by atoms with E-state index in [0.29, 0.717) is 18.0 Å². The molecule has 1 aromatic rings. The molecule has 5 nitrogen and oxygen atoms in total. The normalized spacial score (nSPS) is 26.7. The summed E-state index contributed by atoms with van der Waals surface area (Å²) < 4.78 is 1.42. The first kappa shape index (κ1) is 13.9. The van der Waals surface area contributed by atoms with E-state index in [2.05, 4.69) is 9.88 Å². The molecule has 0 saturated carbocycles. The van der Waals surface area contributed by atoms with E-state index in [9.17, 15) is 9.59 Å². The average molecular weight is 298 g/mol. The Balaban J connectivity index is 2.06. The number of aromatic amines is 1. The van der Waals surface area contributed by atoms with Crippen molar-refractivity contribution in [2.24, 2.45) is 0 Å². The van der Waals surface area contributed by atoms with Crippen LogP contribution >= 0.6 is 11.6 Å². The number of aromatic nitrogens is 2. The third-order valence-corrected chi connectivity index (χ3v) is 5.01. The fraction of sp³-hybridized carbons (Fsp3) is 0.714. The fourth-order valence-electron chi connectivity index (χ4n) is 3.69. The number of H-pyrrole nitrogens is 1. The van der Waals surface area contributed by atoms with Crippen LogP contribution in [-0.4, -0.2) is 33.6 Å². The van der Waals surface area contributed by atoms with Gasteiger partial charge in [0.25, 0.3) is 5.56 Å². The lowest BCUT2D eigenvalue weighted by atomic mass is 9.99. The summed E-state index contributed by atoms with van der Waals surface area (Å²) in [7, 11) is 0. The smallest absolute Gasteiger partial charge is 0.298 e. The first-order valence-electron chi connectivity index (χ1n) is 7.40. The van der Waals surface area contributed by atoms with Gasteiger partial charge in [0.1, 0.15) is 5.15 Å². The van der Waals surface area contributed by atoms with Gasteiger partial charge in [0.15, 0.2) is 0 Å². The summed E-state index contributed by atoms with van der Waals surface area (Å²) >= 11 is 5.97. The molecule has 0 spiro atoms. The summed E-state index contributed by atoms with van der Waals surface area (Å²) in [5, 5.41) is 0.192. The van der Waals surface area contributed by atoms with Crippen molar-refractivity contribution in [2.75, 3.05) is 13.1 Å². The lowest BCUT2D eigenvalue weighted by molar-refractivity contribution is 0.170. The Hall–Kier alpha value is -1.07. The number of fused-ring (bicyclic) bond motifs is 1. The molecular formula is C14H20ClN3O2. The minimum atomic E-state index is -0.366. The Bertz CT molecular complexity index is 622. The molecule has 0 aliphatic carbocycles. The molecule has 20 heavy (non-hydrogen) atoms. The molecule has 2 atom stereocenters. The van der Waals surface area contributed by atoms with E-state index in [1.54, 1.807) is 0 Å². The van der Waals surface area contributed by atoms with Gasteiger partial charge in [-0.05, 0) is 32.2 Å². The van der Waals surface area contributed by atoms with E-state index in [1.807, 2.05) is 6.92 Å². The molecule has 6 heteroatoms. The van der Waals surface area contributed by atoms with E-state index in [1.165, 1.54) is 17.4 Å². The second kappa shape index (κ2) is 5.37. The Morgan fingerprint density at radius 3 is 2.75 bits per heavy atom. The quantitative estimate of drug-likeness (QED) is 0.843. The third-order valence-electron chi connectivity index (χ3n) is 4.68. The average Bonchev–Trinajstić information content (AvgIpc) is 2.83.